The molecule has 196 valence electrons. The van der Waals surface area contributed by atoms with Gasteiger partial charge in [0.05, 0.1) is 29.3 Å². The minimum absolute atomic E-state index is 0.257. The summed E-state index contributed by atoms with van der Waals surface area (Å²) in [5.74, 6) is 1.28. The van der Waals surface area contributed by atoms with Crippen molar-refractivity contribution in [3.8, 4) is 5.75 Å². The van der Waals surface area contributed by atoms with E-state index < -0.39 is 6.09 Å². The first kappa shape index (κ1) is 25.5. The number of hydrogen-bond donors (Lipinski definition) is 1. The quantitative estimate of drug-likeness (QED) is 0.338. The molecule has 1 unspecified atom stereocenters. The number of hydrogen-bond acceptors (Lipinski definition) is 8. The minimum Gasteiger partial charge on any atom is -0.448 e. The second-order valence-corrected chi connectivity index (χ2v) is 9.58. The predicted molar refractivity (Wildman–Crippen MR) is 141 cm³/mol. The first-order chi connectivity index (χ1) is 18.6. The molecule has 0 fully saturated rings. The Kier molecular flexibility index (Phi) is 8.04. The van der Waals surface area contributed by atoms with E-state index in [2.05, 4.69) is 43.4 Å². The van der Waals surface area contributed by atoms with Crippen LogP contribution in [-0.2, 0) is 25.9 Å². The van der Waals surface area contributed by atoms with Crippen LogP contribution in [0, 0.1) is 13.8 Å². The summed E-state index contributed by atoms with van der Waals surface area (Å²) in [6.07, 6.45) is 10.2. The Morgan fingerprint density at radius 1 is 1.11 bits per heavy atom. The van der Waals surface area contributed by atoms with Crippen LogP contribution < -0.4 is 10.1 Å². The molecule has 1 N–H and O–H groups in total. The van der Waals surface area contributed by atoms with Crippen LogP contribution in [0.25, 0.3) is 0 Å². The minimum atomic E-state index is -0.530. The van der Waals surface area contributed by atoms with Crippen molar-refractivity contribution in [2.75, 3.05) is 6.54 Å². The molecule has 0 bridgehead atoms. The lowest BCUT2D eigenvalue weighted by Gasteiger charge is -2.35. The smallest absolute Gasteiger partial charge is 0.412 e. The highest BCUT2D eigenvalue weighted by Gasteiger charge is 2.27. The molecule has 3 heterocycles. The van der Waals surface area contributed by atoms with Crippen LogP contribution in [-0.4, -0.2) is 37.5 Å². The number of oxazole rings is 1. The molecule has 0 spiro atoms. The van der Waals surface area contributed by atoms with Gasteiger partial charge in [-0.05, 0) is 55.9 Å². The van der Waals surface area contributed by atoms with Crippen molar-refractivity contribution in [1.29, 1.82) is 0 Å². The maximum absolute atomic E-state index is 12.3. The van der Waals surface area contributed by atoms with Crippen molar-refractivity contribution < 1.29 is 13.9 Å². The number of fused-ring (bicyclic) bond motifs is 1. The fourth-order valence-corrected chi connectivity index (χ4v) is 4.93. The normalized spacial score (nSPS) is 14.8. The third kappa shape index (κ3) is 6.23. The number of aryl methyl sites for hydroxylation is 3. The third-order valence-corrected chi connectivity index (χ3v) is 6.94. The van der Waals surface area contributed by atoms with Crippen molar-refractivity contribution in [3.63, 3.8) is 0 Å². The SMILES string of the molecule is Cc1ncnc(C)c1OC(=O)NCc1ccc(CN(CCc2cnco2)C2CCCc3cccnc32)cc1. The molecule has 1 aromatic carbocycles. The van der Waals surface area contributed by atoms with Gasteiger partial charge >= 0.3 is 6.09 Å². The molecular formula is C29H32N6O3. The number of rotatable bonds is 9. The van der Waals surface area contributed by atoms with Crippen molar-refractivity contribution >= 4 is 6.09 Å². The Morgan fingerprint density at radius 2 is 1.89 bits per heavy atom. The van der Waals surface area contributed by atoms with Gasteiger partial charge in [0.1, 0.15) is 12.1 Å². The van der Waals surface area contributed by atoms with Crippen molar-refractivity contribution in [1.82, 2.24) is 30.2 Å². The zero-order valence-electron chi connectivity index (χ0n) is 21.8. The van der Waals surface area contributed by atoms with Gasteiger partial charge in [-0.2, -0.15) is 0 Å². The maximum atomic E-state index is 12.3. The topological polar surface area (TPSA) is 106 Å². The average Bonchev–Trinajstić information content (AvgIpc) is 3.46. The Balaban J connectivity index is 1.23. The number of carbonyl (C=O) groups is 1. The van der Waals surface area contributed by atoms with E-state index >= 15 is 0 Å². The molecule has 0 aliphatic heterocycles. The number of ether oxygens (including phenoxy) is 1. The van der Waals surface area contributed by atoms with Gasteiger partial charge < -0.3 is 14.5 Å². The molecule has 1 atom stereocenters. The zero-order chi connectivity index (χ0) is 26.3. The van der Waals surface area contributed by atoms with Crippen LogP contribution in [0.15, 0.2) is 65.9 Å². The highest BCUT2D eigenvalue weighted by atomic mass is 16.6. The lowest BCUT2D eigenvalue weighted by Crippen LogP contribution is -2.33. The standard InChI is InChI=1S/C29H32N6O3/c1-20-28(21(2)34-18-33-20)38-29(36)32-15-22-8-10-23(11-9-22)17-35(14-12-25-16-30-19-37-25)26-7-3-5-24-6-4-13-31-27(24)26/h4,6,8-11,13,16,18-19,26H,3,5,7,12,14-15,17H2,1-2H3,(H,32,36). The van der Waals surface area contributed by atoms with Gasteiger partial charge in [-0.3, -0.25) is 9.88 Å². The Hall–Kier alpha value is -4.11. The van der Waals surface area contributed by atoms with Crippen molar-refractivity contribution in [2.45, 2.75) is 58.7 Å². The van der Waals surface area contributed by atoms with E-state index in [4.69, 9.17) is 14.1 Å². The van der Waals surface area contributed by atoms with Gasteiger partial charge in [0, 0.05) is 32.3 Å². The van der Waals surface area contributed by atoms with E-state index in [1.165, 1.54) is 29.5 Å². The zero-order valence-corrected chi connectivity index (χ0v) is 21.8. The molecule has 1 amide bonds. The summed E-state index contributed by atoms with van der Waals surface area (Å²) in [6, 6.07) is 12.8. The molecule has 9 nitrogen and oxygen atoms in total. The number of carbonyl (C=O) groups excluding carboxylic acids is 1. The monoisotopic (exact) mass is 512 g/mol. The van der Waals surface area contributed by atoms with Crippen LogP contribution in [0.4, 0.5) is 4.79 Å². The van der Waals surface area contributed by atoms with Crippen LogP contribution in [0.5, 0.6) is 5.75 Å². The summed E-state index contributed by atoms with van der Waals surface area (Å²) in [5, 5.41) is 2.81. The second-order valence-electron chi connectivity index (χ2n) is 9.58. The number of pyridine rings is 1. The van der Waals surface area contributed by atoms with Gasteiger partial charge in [-0.1, -0.05) is 30.3 Å². The van der Waals surface area contributed by atoms with Gasteiger partial charge in [-0.15, -0.1) is 0 Å². The molecule has 0 saturated carbocycles. The lowest BCUT2D eigenvalue weighted by atomic mass is 9.90. The predicted octanol–water partition coefficient (Wildman–Crippen LogP) is 4.89. The molecule has 0 radical (unpaired) electrons. The number of nitrogens with one attached hydrogen (secondary N) is 1. The van der Waals surface area contributed by atoms with Gasteiger partial charge in [-0.25, -0.2) is 19.7 Å². The molecular weight excluding hydrogens is 480 g/mol. The molecule has 5 rings (SSSR count). The van der Waals surface area contributed by atoms with Crippen LogP contribution >= 0.6 is 0 Å². The number of aromatic nitrogens is 4. The summed E-state index contributed by atoms with van der Waals surface area (Å²) >= 11 is 0. The van der Waals surface area contributed by atoms with Gasteiger partial charge in [0.15, 0.2) is 12.1 Å². The van der Waals surface area contributed by atoms with E-state index in [0.717, 1.165) is 50.1 Å². The highest BCUT2D eigenvalue weighted by molar-refractivity contribution is 5.70. The average molecular weight is 513 g/mol. The Morgan fingerprint density at radius 3 is 2.66 bits per heavy atom. The Labute approximate surface area is 222 Å². The highest BCUT2D eigenvalue weighted by Crippen LogP contribution is 2.34. The largest absolute Gasteiger partial charge is 0.448 e. The first-order valence-corrected chi connectivity index (χ1v) is 12.9. The van der Waals surface area contributed by atoms with E-state index in [1.54, 1.807) is 20.0 Å². The van der Waals surface area contributed by atoms with Crippen LogP contribution in [0.3, 0.4) is 0 Å². The van der Waals surface area contributed by atoms with Gasteiger partial charge in [0.2, 0.25) is 0 Å². The molecule has 4 aromatic rings. The molecule has 9 heteroatoms. The summed E-state index contributed by atoms with van der Waals surface area (Å²) in [5.41, 5.74) is 5.96. The molecule has 1 aliphatic rings. The van der Waals surface area contributed by atoms with E-state index in [9.17, 15) is 4.79 Å². The summed E-state index contributed by atoms with van der Waals surface area (Å²) in [4.78, 5) is 31.8. The molecule has 3 aromatic heterocycles. The summed E-state index contributed by atoms with van der Waals surface area (Å²) in [7, 11) is 0. The first-order valence-electron chi connectivity index (χ1n) is 12.9. The van der Waals surface area contributed by atoms with Crippen molar-refractivity contribution in [2.24, 2.45) is 0 Å². The summed E-state index contributed by atoms with van der Waals surface area (Å²) in [6.45, 7) is 5.56. The lowest BCUT2D eigenvalue weighted by molar-refractivity contribution is 0.165. The fraction of sp³-hybridized carbons (Fsp3) is 0.345. The summed E-state index contributed by atoms with van der Waals surface area (Å²) < 4.78 is 10.9. The number of benzene rings is 1. The molecule has 0 saturated heterocycles. The number of nitrogens with zero attached hydrogens (tertiary/aromatic N) is 5. The van der Waals surface area contributed by atoms with Crippen LogP contribution in [0.2, 0.25) is 0 Å². The molecule has 1 aliphatic carbocycles. The third-order valence-electron chi connectivity index (χ3n) is 6.94. The van der Waals surface area contributed by atoms with E-state index in [-0.39, 0.29) is 6.04 Å². The van der Waals surface area contributed by atoms with Crippen molar-refractivity contribution in [3.05, 3.63) is 101 Å². The maximum Gasteiger partial charge on any atom is 0.412 e. The number of amides is 1. The molecule has 38 heavy (non-hydrogen) atoms. The van der Waals surface area contributed by atoms with Crippen LogP contribution in [0.1, 0.15) is 58.4 Å². The second kappa shape index (κ2) is 12.0. The van der Waals surface area contributed by atoms with E-state index in [1.807, 2.05) is 24.4 Å². The van der Waals surface area contributed by atoms with Gasteiger partial charge in [0.25, 0.3) is 0 Å². The van der Waals surface area contributed by atoms with E-state index in [0.29, 0.717) is 23.7 Å². The Bertz CT molecular complexity index is 1340. The fourth-order valence-electron chi connectivity index (χ4n) is 4.93.